The maximum absolute atomic E-state index is 5.86. The third-order valence-electron chi connectivity index (χ3n) is 3.58. The summed E-state index contributed by atoms with van der Waals surface area (Å²) in [6, 6.07) is 5.99. The smallest absolute Gasteiger partial charge is 0.243 e. The Hall–Kier alpha value is -1.88. The largest absolute Gasteiger partial charge is 0.485 e. The van der Waals surface area contributed by atoms with Gasteiger partial charge in [0.2, 0.25) is 11.7 Å². The van der Waals surface area contributed by atoms with Gasteiger partial charge in [0.15, 0.2) is 6.61 Å². The monoisotopic (exact) mass is 273 g/mol. The molecule has 0 bridgehead atoms. The van der Waals surface area contributed by atoms with E-state index < -0.39 is 0 Å². The van der Waals surface area contributed by atoms with E-state index in [4.69, 9.17) is 15.0 Å². The second-order valence-corrected chi connectivity index (χ2v) is 5.23. The van der Waals surface area contributed by atoms with Gasteiger partial charge in [0, 0.05) is 0 Å². The van der Waals surface area contributed by atoms with E-state index in [2.05, 4.69) is 16.2 Å². The molecule has 0 fully saturated rings. The van der Waals surface area contributed by atoms with Crippen molar-refractivity contribution < 1.29 is 9.26 Å². The highest BCUT2D eigenvalue weighted by Crippen LogP contribution is 2.29. The number of fused-ring (bicyclic) bond motifs is 1. The molecule has 0 radical (unpaired) electrons. The van der Waals surface area contributed by atoms with Gasteiger partial charge in [-0.15, -0.1) is 0 Å². The summed E-state index contributed by atoms with van der Waals surface area (Å²) in [4.78, 5) is 4.21. The lowest BCUT2D eigenvalue weighted by molar-refractivity contribution is 0.280. The van der Waals surface area contributed by atoms with Crippen LogP contribution in [-0.2, 0) is 19.4 Å². The molecule has 1 aliphatic rings. The molecule has 1 aromatic heterocycles. The molecular formula is C15H19N3O2. The molecular weight excluding hydrogens is 254 g/mol. The van der Waals surface area contributed by atoms with E-state index in [1.165, 1.54) is 24.0 Å². The highest BCUT2D eigenvalue weighted by molar-refractivity contribution is 5.41. The molecule has 1 aromatic carbocycles. The fourth-order valence-corrected chi connectivity index (χ4v) is 2.53. The highest BCUT2D eigenvalue weighted by Gasteiger charge is 2.15. The molecule has 2 N–H and O–H groups in total. The number of nitrogens with two attached hydrogens (primary N) is 1. The van der Waals surface area contributed by atoms with Crippen LogP contribution in [-0.4, -0.2) is 10.1 Å². The van der Waals surface area contributed by atoms with Crippen LogP contribution in [0.5, 0.6) is 5.75 Å². The average Bonchev–Trinajstić information content (AvgIpc) is 2.94. The van der Waals surface area contributed by atoms with Gasteiger partial charge >= 0.3 is 0 Å². The molecule has 5 heteroatoms. The topological polar surface area (TPSA) is 74.2 Å². The molecule has 0 saturated carbocycles. The normalized spacial score (nSPS) is 15.7. The lowest BCUT2D eigenvalue weighted by atomic mass is 9.91. The van der Waals surface area contributed by atoms with E-state index in [0.717, 1.165) is 18.6 Å². The Balaban J connectivity index is 1.71. The predicted molar refractivity (Wildman–Crippen MR) is 74.3 cm³/mol. The summed E-state index contributed by atoms with van der Waals surface area (Å²) in [5, 5.41) is 3.87. The molecule has 1 heterocycles. The summed E-state index contributed by atoms with van der Waals surface area (Å²) in [5.74, 6) is 1.92. The van der Waals surface area contributed by atoms with Crippen molar-refractivity contribution in [1.29, 1.82) is 0 Å². The minimum Gasteiger partial charge on any atom is -0.485 e. The summed E-state index contributed by atoms with van der Waals surface area (Å²) in [6.07, 6.45) is 4.72. The van der Waals surface area contributed by atoms with Gasteiger partial charge in [-0.1, -0.05) is 17.3 Å². The van der Waals surface area contributed by atoms with Crippen LogP contribution in [0.3, 0.4) is 0 Å². The molecule has 0 amide bonds. The van der Waals surface area contributed by atoms with Gasteiger partial charge in [-0.05, 0) is 49.8 Å². The maximum atomic E-state index is 5.86. The van der Waals surface area contributed by atoms with E-state index in [1.807, 2.05) is 19.1 Å². The first-order valence-corrected chi connectivity index (χ1v) is 7.05. The Morgan fingerprint density at radius 1 is 1.35 bits per heavy atom. The molecule has 5 nitrogen and oxygen atoms in total. The van der Waals surface area contributed by atoms with Crippen molar-refractivity contribution in [3.05, 3.63) is 41.0 Å². The SMILES string of the molecule is CC(N)c1nc(COc2cccc3c2CCCC3)no1. The Kier molecular flexibility index (Phi) is 3.69. The number of aryl methyl sites for hydroxylation is 1. The summed E-state index contributed by atoms with van der Waals surface area (Å²) in [5.41, 5.74) is 8.42. The molecule has 106 valence electrons. The fourth-order valence-electron chi connectivity index (χ4n) is 2.53. The Bertz CT molecular complexity index is 593. The maximum Gasteiger partial charge on any atom is 0.243 e. The van der Waals surface area contributed by atoms with Gasteiger partial charge in [-0.25, -0.2) is 0 Å². The summed E-state index contributed by atoms with van der Waals surface area (Å²) >= 11 is 0. The minimum atomic E-state index is -0.249. The van der Waals surface area contributed by atoms with Crippen molar-refractivity contribution in [2.24, 2.45) is 5.73 Å². The molecule has 1 unspecified atom stereocenters. The van der Waals surface area contributed by atoms with E-state index in [9.17, 15) is 0 Å². The summed E-state index contributed by atoms with van der Waals surface area (Å²) in [6.45, 7) is 2.12. The number of nitrogens with zero attached hydrogens (tertiary/aromatic N) is 2. The Morgan fingerprint density at radius 3 is 3.00 bits per heavy atom. The van der Waals surface area contributed by atoms with Gasteiger partial charge in [0.25, 0.3) is 0 Å². The molecule has 0 saturated heterocycles. The lowest BCUT2D eigenvalue weighted by Gasteiger charge is -2.18. The first kappa shape index (κ1) is 13.1. The van der Waals surface area contributed by atoms with E-state index in [-0.39, 0.29) is 6.04 Å². The van der Waals surface area contributed by atoms with Crippen molar-refractivity contribution in [2.45, 2.75) is 45.3 Å². The van der Waals surface area contributed by atoms with Crippen molar-refractivity contribution in [2.75, 3.05) is 0 Å². The van der Waals surface area contributed by atoms with Crippen molar-refractivity contribution in [3.63, 3.8) is 0 Å². The summed E-state index contributed by atoms with van der Waals surface area (Å²) in [7, 11) is 0. The number of hydrogen-bond donors (Lipinski definition) is 1. The number of aromatic nitrogens is 2. The van der Waals surface area contributed by atoms with Gasteiger partial charge in [0.1, 0.15) is 5.75 Å². The van der Waals surface area contributed by atoms with Crippen LogP contribution < -0.4 is 10.5 Å². The zero-order valence-corrected chi connectivity index (χ0v) is 11.6. The van der Waals surface area contributed by atoms with Crippen LogP contribution in [0.2, 0.25) is 0 Å². The third-order valence-corrected chi connectivity index (χ3v) is 3.58. The number of benzene rings is 1. The van der Waals surface area contributed by atoms with Gasteiger partial charge in [-0.3, -0.25) is 0 Å². The highest BCUT2D eigenvalue weighted by atomic mass is 16.5. The van der Waals surface area contributed by atoms with Crippen LogP contribution in [0.25, 0.3) is 0 Å². The van der Waals surface area contributed by atoms with Crippen LogP contribution in [0.1, 0.15) is 48.6 Å². The quantitative estimate of drug-likeness (QED) is 0.926. The Labute approximate surface area is 118 Å². The van der Waals surface area contributed by atoms with Crippen LogP contribution in [0.4, 0.5) is 0 Å². The minimum absolute atomic E-state index is 0.249. The molecule has 3 rings (SSSR count). The molecule has 0 aliphatic heterocycles. The number of rotatable bonds is 4. The van der Waals surface area contributed by atoms with Gasteiger partial charge in [-0.2, -0.15) is 4.98 Å². The second-order valence-electron chi connectivity index (χ2n) is 5.23. The summed E-state index contributed by atoms with van der Waals surface area (Å²) < 4.78 is 10.9. The first-order chi connectivity index (χ1) is 9.74. The zero-order chi connectivity index (χ0) is 13.9. The van der Waals surface area contributed by atoms with Crippen molar-refractivity contribution in [1.82, 2.24) is 10.1 Å². The number of hydrogen-bond acceptors (Lipinski definition) is 5. The fraction of sp³-hybridized carbons (Fsp3) is 0.467. The molecule has 0 spiro atoms. The van der Waals surface area contributed by atoms with E-state index in [0.29, 0.717) is 18.3 Å². The molecule has 1 atom stereocenters. The van der Waals surface area contributed by atoms with Crippen molar-refractivity contribution >= 4 is 0 Å². The third kappa shape index (κ3) is 2.67. The van der Waals surface area contributed by atoms with Crippen LogP contribution in [0.15, 0.2) is 22.7 Å². The predicted octanol–water partition coefficient (Wildman–Crippen LogP) is 2.55. The Morgan fingerprint density at radius 2 is 2.20 bits per heavy atom. The molecule has 2 aromatic rings. The van der Waals surface area contributed by atoms with Crippen molar-refractivity contribution in [3.8, 4) is 5.75 Å². The van der Waals surface area contributed by atoms with E-state index in [1.54, 1.807) is 0 Å². The van der Waals surface area contributed by atoms with Crippen LogP contribution in [0, 0.1) is 0 Å². The second kappa shape index (κ2) is 5.63. The van der Waals surface area contributed by atoms with Crippen LogP contribution >= 0.6 is 0 Å². The lowest BCUT2D eigenvalue weighted by Crippen LogP contribution is -2.07. The van der Waals surface area contributed by atoms with E-state index >= 15 is 0 Å². The van der Waals surface area contributed by atoms with Gasteiger partial charge < -0.3 is 15.0 Å². The average molecular weight is 273 g/mol. The molecule has 1 aliphatic carbocycles. The number of ether oxygens (including phenoxy) is 1. The standard InChI is InChI=1S/C15H19N3O2/c1-10(16)15-17-14(18-20-15)9-19-13-8-4-6-11-5-2-3-7-12(11)13/h4,6,8,10H,2-3,5,7,9,16H2,1H3. The molecule has 20 heavy (non-hydrogen) atoms. The zero-order valence-electron chi connectivity index (χ0n) is 11.6. The first-order valence-electron chi connectivity index (χ1n) is 7.05. The van der Waals surface area contributed by atoms with Gasteiger partial charge in [0.05, 0.1) is 6.04 Å².